The highest BCUT2D eigenvalue weighted by Gasteiger charge is 2.30. The highest BCUT2D eigenvalue weighted by Crippen LogP contribution is 2.20. The summed E-state index contributed by atoms with van der Waals surface area (Å²) >= 11 is 0. The molecule has 1 atom stereocenters. The van der Waals surface area contributed by atoms with Crippen molar-refractivity contribution in [1.82, 2.24) is 9.80 Å². The van der Waals surface area contributed by atoms with Gasteiger partial charge in [0, 0.05) is 32.6 Å². The van der Waals surface area contributed by atoms with E-state index in [1.165, 1.54) is 0 Å². The number of hydrogen-bond acceptors (Lipinski definition) is 3. The molecule has 1 aliphatic rings. The molecule has 5 nitrogen and oxygen atoms in total. The quantitative estimate of drug-likeness (QED) is 0.868. The minimum Gasteiger partial charge on any atom is -0.395 e. The van der Waals surface area contributed by atoms with Gasteiger partial charge in [0.1, 0.15) is 0 Å². The summed E-state index contributed by atoms with van der Waals surface area (Å²) in [6, 6.07) is 9.78. The summed E-state index contributed by atoms with van der Waals surface area (Å²) < 4.78 is 0. The van der Waals surface area contributed by atoms with Gasteiger partial charge in [-0.1, -0.05) is 37.3 Å². The van der Waals surface area contributed by atoms with Gasteiger partial charge in [0.25, 0.3) is 0 Å². The van der Waals surface area contributed by atoms with Crippen LogP contribution in [0.15, 0.2) is 30.3 Å². The van der Waals surface area contributed by atoms with Gasteiger partial charge < -0.3 is 14.9 Å². The highest BCUT2D eigenvalue weighted by molar-refractivity contribution is 5.81. The molecule has 1 aromatic rings. The van der Waals surface area contributed by atoms with Crippen LogP contribution in [0.1, 0.15) is 31.7 Å². The molecule has 1 fully saturated rings. The van der Waals surface area contributed by atoms with E-state index >= 15 is 0 Å². The summed E-state index contributed by atoms with van der Waals surface area (Å²) in [4.78, 5) is 28.2. The number of amides is 2. The van der Waals surface area contributed by atoms with Crippen molar-refractivity contribution in [2.45, 2.75) is 32.7 Å². The lowest BCUT2D eigenvalue weighted by Crippen LogP contribution is -2.47. The largest absolute Gasteiger partial charge is 0.395 e. The Morgan fingerprint density at radius 3 is 2.70 bits per heavy atom. The van der Waals surface area contributed by atoms with E-state index in [0.29, 0.717) is 26.1 Å². The minimum absolute atomic E-state index is 0.0384. The second-order valence-electron chi connectivity index (χ2n) is 6.00. The van der Waals surface area contributed by atoms with Crippen LogP contribution in [0.25, 0.3) is 0 Å². The van der Waals surface area contributed by atoms with Crippen LogP contribution in [0.3, 0.4) is 0 Å². The fourth-order valence-electron chi connectivity index (χ4n) is 3.08. The second kappa shape index (κ2) is 8.67. The predicted octanol–water partition coefficient (Wildman–Crippen LogP) is 1.66. The standard InChI is InChI=1S/C18H26N2O3/c1-2-17(22)19-10-6-9-16(14-19)18(23)20(11-12-21)13-15-7-4-3-5-8-15/h3-5,7-8,16,21H,2,6,9-14H2,1H3. The van der Waals surface area contributed by atoms with Crippen LogP contribution in [0, 0.1) is 5.92 Å². The zero-order valence-corrected chi connectivity index (χ0v) is 13.8. The average molecular weight is 318 g/mol. The van der Waals surface area contributed by atoms with Crippen LogP contribution >= 0.6 is 0 Å². The fourth-order valence-corrected chi connectivity index (χ4v) is 3.08. The minimum atomic E-state index is -0.158. The smallest absolute Gasteiger partial charge is 0.227 e. The van der Waals surface area contributed by atoms with Gasteiger partial charge in [0.15, 0.2) is 0 Å². The maximum atomic E-state index is 12.8. The van der Waals surface area contributed by atoms with Crippen LogP contribution in [-0.2, 0) is 16.1 Å². The van der Waals surface area contributed by atoms with E-state index in [-0.39, 0.29) is 24.3 Å². The van der Waals surface area contributed by atoms with Crippen molar-refractivity contribution in [3.63, 3.8) is 0 Å². The first-order valence-electron chi connectivity index (χ1n) is 8.37. The zero-order chi connectivity index (χ0) is 16.7. The third-order valence-corrected chi connectivity index (χ3v) is 4.32. The first-order chi connectivity index (χ1) is 11.2. The van der Waals surface area contributed by atoms with Crippen LogP contribution < -0.4 is 0 Å². The topological polar surface area (TPSA) is 60.9 Å². The first-order valence-corrected chi connectivity index (χ1v) is 8.37. The Bertz CT molecular complexity index is 518. The van der Waals surface area contributed by atoms with Crippen LogP contribution in [0.5, 0.6) is 0 Å². The van der Waals surface area contributed by atoms with Crippen molar-refractivity contribution in [3.8, 4) is 0 Å². The number of carbonyl (C=O) groups excluding carboxylic acids is 2. The molecule has 0 saturated carbocycles. The summed E-state index contributed by atoms with van der Waals surface area (Å²) in [7, 11) is 0. The average Bonchev–Trinajstić information content (AvgIpc) is 2.61. The first kappa shape index (κ1) is 17.5. The molecule has 5 heteroatoms. The Hall–Kier alpha value is -1.88. The molecule has 2 rings (SSSR count). The normalized spacial score (nSPS) is 17.8. The molecular weight excluding hydrogens is 292 g/mol. The summed E-state index contributed by atoms with van der Waals surface area (Å²) in [6.45, 7) is 3.87. The molecule has 0 spiro atoms. The van der Waals surface area contributed by atoms with Gasteiger partial charge in [-0.3, -0.25) is 9.59 Å². The van der Waals surface area contributed by atoms with Crippen molar-refractivity contribution >= 4 is 11.8 Å². The molecule has 0 bridgehead atoms. The monoisotopic (exact) mass is 318 g/mol. The summed E-state index contributed by atoms with van der Waals surface area (Å²) in [5.74, 6) is -0.00899. The number of aliphatic hydroxyl groups excluding tert-OH is 1. The molecule has 1 N–H and O–H groups in total. The van der Waals surface area contributed by atoms with Gasteiger partial charge in [-0.2, -0.15) is 0 Å². The highest BCUT2D eigenvalue weighted by atomic mass is 16.3. The Morgan fingerprint density at radius 2 is 2.04 bits per heavy atom. The number of benzene rings is 1. The van der Waals surface area contributed by atoms with Crippen molar-refractivity contribution < 1.29 is 14.7 Å². The van der Waals surface area contributed by atoms with Crippen LogP contribution in [0.4, 0.5) is 0 Å². The Balaban J connectivity index is 2.03. The molecule has 1 saturated heterocycles. The molecule has 0 aromatic heterocycles. The third kappa shape index (κ3) is 4.79. The Morgan fingerprint density at radius 1 is 1.30 bits per heavy atom. The number of rotatable bonds is 6. The van der Waals surface area contributed by atoms with Crippen LogP contribution in [-0.4, -0.2) is 53.0 Å². The third-order valence-electron chi connectivity index (χ3n) is 4.32. The number of nitrogens with zero attached hydrogens (tertiary/aromatic N) is 2. The lowest BCUT2D eigenvalue weighted by molar-refractivity contribution is -0.141. The number of aliphatic hydroxyl groups is 1. The predicted molar refractivity (Wildman–Crippen MR) is 88.5 cm³/mol. The van der Waals surface area contributed by atoms with E-state index in [1.54, 1.807) is 9.80 Å². The Kier molecular flexibility index (Phi) is 6.59. The molecular formula is C18H26N2O3. The summed E-state index contributed by atoms with van der Waals surface area (Å²) in [5, 5.41) is 9.28. The van der Waals surface area contributed by atoms with E-state index in [9.17, 15) is 14.7 Å². The number of hydrogen-bond donors (Lipinski definition) is 1. The maximum absolute atomic E-state index is 12.8. The molecule has 23 heavy (non-hydrogen) atoms. The molecule has 1 aliphatic heterocycles. The van der Waals surface area contributed by atoms with Crippen molar-refractivity contribution in [2.75, 3.05) is 26.2 Å². The molecule has 0 aliphatic carbocycles. The summed E-state index contributed by atoms with van der Waals surface area (Å²) in [6.07, 6.45) is 2.15. The maximum Gasteiger partial charge on any atom is 0.227 e. The zero-order valence-electron chi connectivity index (χ0n) is 13.8. The van der Waals surface area contributed by atoms with Crippen molar-refractivity contribution in [2.24, 2.45) is 5.92 Å². The Labute approximate surface area is 137 Å². The molecule has 1 aromatic carbocycles. The van der Waals surface area contributed by atoms with E-state index in [2.05, 4.69) is 0 Å². The molecule has 126 valence electrons. The molecule has 1 heterocycles. The van der Waals surface area contributed by atoms with Crippen molar-refractivity contribution in [1.29, 1.82) is 0 Å². The van der Waals surface area contributed by atoms with Gasteiger partial charge >= 0.3 is 0 Å². The number of carbonyl (C=O) groups is 2. The molecule has 2 amide bonds. The van der Waals surface area contributed by atoms with Crippen LogP contribution in [0.2, 0.25) is 0 Å². The van der Waals surface area contributed by atoms with Gasteiger partial charge in [0.2, 0.25) is 11.8 Å². The van der Waals surface area contributed by atoms with Gasteiger partial charge in [0.05, 0.1) is 12.5 Å². The second-order valence-corrected chi connectivity index (χ2v) is 6.00. The van der Waals surface area contributed by atoms with E-state index in [1.807, 2.05) is 37.3 Å². The number of piperidine rings is 1. The SMILES string of the molecule is CCC(=O)N1CCCC(C(=O)N(CCO)Cc2ccccc2)C1. The fraction of sp³-hybridized carbons (Fsp3) is 0.556. The van der Waals surface area contributed by atoms with E-state index in [0.717, 1.165) is 24.9 Å². The molecule has 0 radical (unpaired) electrons. The molecule has 1 unspecified atom stereocenters. The van der Waals surface area contributed by atoms with E-state index < -0.39 is 0 Å². The lowest BCUT2D eigenvalue weighted by atomic mass is 9.96. The van der Waals surface area contributed by atoms with Gasteiger partial charge in [-0.25, -0.2) is 0 Å². The van der Waals surface area contributed by atoms with Gasteiger partial charge in [-0.15, -0.1) is 0 Å². The number of likely N-dealkylation sites (tertiary alicyclic amines) is 1. The lowest BCUT2D eigenvalue weighted by Gasteiger charge is -2.35. The van der Waals surface area contributed by atoms with Crippen molar-refractivity contribution in [3.05, 3.63) is 35.9 Å². The van der Waals surface area contributed by atoms with E-state index in [4.69, 9.17) is 0 Å². The van der Waals surface area contributed by atoms with Gasteiger partial charge in [-0.05, 0) is 18.4 Å². The summed E-state index contributed by atoms with van der Waals surface area (Å²) in [5.41, 5.74) is 1.05.